The van der Waals surface area contributed by atoms with Gasteiger partial charge in [-0.1, -0.05) is 33.8 Å². The molecule has 0 saturated heterocycles. The van der Waals surface area contributed by atoms with Gasteiger partial charge in [-0.25, -0.2) is 0 Å². The molecular formula is C14H22N2. The molecule has 16 heavy (non-hydrogen) atoms. The van der Waals surface area contributed by atoms with Crippen LogP contribution in [0.2, 0.25) is 0 Å². The molecular weight excluding hydrogens is 196 g/mol. The first-order chi connectivity index (χ1) is 7.35. The number of nitrogens with one attached hydrogen (secondary N) is 1. The SMILES string of the molecule is Cc1ccc(CNC2C(C)(C)C2(C)C)nc1. The van der Waals surface area contributed by atoms with Crippen molar-refractivity contribution < 1.29 is 0 Å². The van der Waals surface area contributed by atoms with Gasteiger partial charge in [-0.15, -0.1) is 0 Å². The second-order valence-electron chi connectivity index (χ2n) is 6.08. The number of hydrogen-bond acceptors (Lipinski definition) is 2. The maximum atomic E-state index is 4.41. The summed E-state index contributed by atoms with van der Waals surface area (Å²) < 4.78 is 0. The van der Waals surface area contributed by atoms with E-state index in [-0.39, 0.29) is 0 Å². The molecule has 2 nitrogen and oxygen atoms in total. The molecule has 2 rings (SSSR count). The van der Waals surface area contributed by atoms with Crippen molar-refractivity contribution >= 4 is 0 Å². The van der Waals surface area contributed by atoms with Gasteiger partial charge >= 0.3 is 0 Å². The maximum absolute atomic E-state index is 4.41. The average Bonchev–Trinajstić information content (AvgIpc) is 2.58. The van der Waals surface area contributed by atoms with E-state index >= 15 is 0 Å². The Bertz CT molecular complexity index is 362. The normalized spacial score (nSPS) is 22.1. The van der Waals surface area contributed by atoms with Gasteiger partial charge < -0.3 is 5.32 Å². The maximum Gasteiger partial charge on any atom is 0.0541 e. The Labute approximate surface area is 98.5 Å². The van der Waals surface area contributed by atoms with Crippen LogP contribution < -0.4 is 5.32 Å². The van der Waals surface area contributed by atoms with Gasteiger partial charge in [0.1, 0.15) is 0 Å². The number of aryl methyl sites for hydroxylation is 1. The number of pyridine rings is 1. The fourth-order valence-electron chi connectivity index (χ4n) is 2.52. The molecule has 0 unspecified atom stereocenters. The Hall–Kier alpha value is -0.890. The van der Waals surface area contributed by atoms with Gasteiger partial charge in [0.15, 0.2) is 0 Å². The molecule has 88 valence electrons. The van der Waals surface area contributed by atoms with E-state index in [0.717, 1.165) is 12.2 Å². The molecule has 1 fully saturated rings. The van der Waals surface area contributed by atoms with E-state index in [1.54, 1.807) is 0 Å². The van der Waals surface area contributed by atoms with Crippen molar-refractivity contribution in [2.45, 2.75) is 47.2 Å². The number of rotatable bonds is 3. The first kappa shape index (κ1) is 11.6. The molecule has 0 amide bonds. The zero-order valence-corrected chi connectivity index (χ0v) is 11.0. The van der Waals surface area contributed by atoms with Gasteiger partial charge in [0.2, 0.25) is 0 Å². The largest absolute Gasteiger partial charge is 0.307 e. The zero-order chi connectivity index (χ0) is 12.0. The minimum Gasteiger partial charge on any atom is -0.307 e. The van der Waals surface area contributed by atoms with Crippen molar-refractivity contribution in [3.05, 3.63) is 29.6 Å². The molecule has 1 aromatic rings. The van der Waals surface area contributed by atoms with Crippen molar-refractivity contribution in [3.8, 4) is 0 Å². The zero-order valence-electron chi connectivity index (χ0n) is 11.0. The topological polar surface area (TPSA) is 24.9 Å². The summed E-state index contributed by atoms with van der Waals surface area (Å²) in [6.45, 7) is 12.2. The van der Waals surface area contributed by atoms with Gasteiger partial charge in [0.25, 0.3) is 0 Å². The minimum absolute atomic E-state index is 0.400. The fraction of sp³-hybridized carbons (Fsp3) is 0.643. The highest BCUT2D eigenvalue weighted by Crippen LogP contribution is 2.62. The predicted molar refractivity (Wildman–Crippen MR) is 67.2 cm³/mol. The van der Waals surface area contributed by atoms with E-state index < -0.39 is 0 Å². The first-order valence-corrected chi connectivity index (χ1v) is 6.00. The highest BCUT2D eigenvalue weighted by Gasteiger charge is 2.64. The van der Waals surface area contributed by atoms with Gasteiger partial charge in [0, 0.05) is 18.8 Å². The summed E-state index contributed by atoms with van der Waals surface area (Å²) in [5.74, 6) is 0. The van der Waals surface area contributed by atoms with Gasteiger partial charge in [0.05, 0.1) is 5.69 Å². The molecule has 0 radical (unpaired) electrons. The molecule has 1 N–H and O–H groups in total. The average molecular weight is 218 g/mol. The molecule has 0 atom stereocenters. The van der Waals surface area contributed by atoms with Crippen LogP contribution in [-0.4, -0.2) is 11.0 Å². The highest BCUT2D eigenvalue weighted by molar-refractivity contribution is 5.19. The van der Waals surface area contributed by atoms with Crippen LogP contribution in [0.4, 0.5) is 0 Å². The molecule has 0 aromatic carbocycles. The summed E-state index contributed by atoms with van der Waals surface area (Å²) in [7, 11) is 0. The summed E-state index contributed by atoms with van der Waals surface area (Å²) in [4.78, 5) is 4.41. The van der Waals surface area contributed by atoms with Crippen LogP contribution in [0.15, 0.2) is 18.3 Å². The number of hydrogen-bond donors (Lipinski definition) is 1. The molecule has 0 bridgehead atoms. The lowest BCUT2D eigenvalue weighted by molar-refractivity contribution is 0.457. The van der Waals surface area contributed by atoms with Crippen LogP contribution in [0.3, 0.4) is 0 Å². The van der Waals surface area contributed by atoms with Crippen molar-refractivity contribution in [1.82, 2.24) is 10.3 Å². The number of nitrogens with zero attached hydrogens (tertiary/aromatic N) is 1. The minimum atomic E-state index is 0.400. The molecule has 2 heteroatoms. The van der Waals surface area contributed by atoms with E-state index in [9.17, 15) is 0 Å². The summed E-state index contributed by atoms with van der Waals surface area (Å²) in [5, 5.41) is 3.61. The Kier molecular flexibility index (Phi) is 2.58. The number of aromatic nitrogens is 1. The van der Waals surface area contributed by atoms with Crippen molar-refractivity contribution in [2.75, 3.05) is 0 Å². The third-order valence-corrected chi connectivity index (χ3v) is 4.48. The summed E-state index contributed by atoms with van der Waals surface area (Å²) in [6.07, 6.45) is 1.93. The Morgan fingerprint density at radius 1 is 1.19 bits per heavy atom. The van der Waals surface area contributed by atoms with Crippen LogP contribution >= 0.6 is 0 Å². The van der Waals surface area contributed by atoms with Crippen molar-refractivity contribution in [1.29, 1.82) is 0 Å². The third kappa shape index (κ3) is 1.75. The lowest BCUT2D eigenvalue weighted by Gasteiger charge is -2.06. The fourth-order valence-corrected chi connectivity index (χ4v) is 2.52. The molecule has 0 spiro atoms. The molecule has 1 aliphatic carbocycles. The molecule has 0 aliphatic heterocycles. The highest BCUT2D eigenvalue weighted by atomic mass is 15.0. The Balaban J connectivity index is 1.93. The smallest absolute Gasteiger partial charge is 0.0541 e. The van der Waals surface area contributed by atoms with E-state index in [1.165, 1.54) is 5.56 Å². The standard InChI is InChI=1S/C14H22N2/c1-10-6-7-11(15-8-10)9-16-12-13(2,3)14(12,4)5/h6-8,12,16H,9H2,1-5H3. The van der Waals surface area contributed by atoms with E-state index in [1.807, 2.05) is 6.20 Å². The van der Waals surface area contributed by atoms with Crippen molar-refractivity contribution in [3.63, 3.8) is 0 Å². The molecule has 1 saturated carbocycles. The van der Waals surface area contributed by atoms with Crippen LogP contribution in [0, 0.1) is 17.8 Å². The lowest BCUT2D eigenvalue weighted by Crippen LogP contribution is -2.22. The first-order valence-electron chi connectivity index (χ1n) is 6.00. The van der Waals surface area contributed by atoms with Crippen LogP contribution in [0.1, 0.15) is 39.0 Å². The van der Waals surface area contributed by atoms with Gasteiger partial charge in [-0.05, 0) is 29.4 Å². The Morgan fingerprint density at radius 2 is 1.81 bits per heavy atom. The van der Waals surface area contributed by atoms with E-state index in [0.29, 0.717) is 16.9 Å². The molecule has 1 aromatic heterocycles. The van der Waals surface area contributed by atoms with Crippen LogP contribution in [0.25, 0.3) is 0 Å². The van der Waals surface area contributed by atoms with Crippen molar-refractivity contribution in [2.24, 2.45) is 10.8 Å². The summed E-state index contributed by atoms with van der Waals surface area (Å²) in [5.41, 5.74) is 3.15. The van der Waals surface area contributed by atoms with Gasteiger partial charge in [-0.3, -0.25) is 4.98 Å². The lowest BCUT2D eigenvalue weighted by atomic mass is 10.0. The molecule has 1 heterocycles. The second kappa shape index (κ2) is 3.56. The summed E-state index contributed by atoms with van der Waals surface area (Å²) in [6, 6.07) is 4.82. The third-order valence-electron chi connectivity index (χ3n) is 4.48. The molecule has 1 aliphatic rings. The quantitative estimate of drug-likeness (QED) is 0.843. The van der Waals surface area contributed by atoms with E-state index in [2.05, 4.69) is 57.1 Å². The van der Waals surface area contributed by atoms with Crippen LogP contribution in [0.5, 0.6) is 0 Å². The predicted octanol–water partition coefficient (Wildman–Crippen LogP) is 2.91. The monoisotopic (exact) mass is 218 g/mol. The summed E-state index contributed by atoms with van der Waals surface area (Å²) >= 11 is 0. The second-order valence-corrected chi connectivity index (χ2v) is 6.08. The Morgan fingerprint density at radius 3 is 2.25 bits per heavy atom. The van der Waals surface area contributed by atoms with E-state index in [4.69, 9.17) is 0 Å². The van der Waals surface area contributed by atoms with Gasteiger partial charge in [-0.2, -0.15) is 0 Å². The van der Waals surface area contributed by atoms with Crippen LogP contribution in [-0.2, 0) is 6.54 Å².